The number of hydrogen-bond donors (Lipinski definition) is 0. The van der Waals surface area contributed by atoms with Gasteiger partial charge in [0.2, 0.25) is 5.88 Å². The van der Waals surface area contributed by atoms with Gasteiger partial charge in [-0.05, 0) is 11.6 Å². The monoisotopic (exact) mass is 254 g/mol. The number of nitro groups is 1. The second-order valence-electron chi connectivity index (χ2n) is 4.14. The van der Waals surface area contributed by atoms with Crippen LogP contribution in [-0.2, 0) is 0 Å². The van der Waals surface area contributed by atoms with Crippen molar-refractivity contribution in [2.75, 3.05) is 0 Å². The first-order valence-corrected chi connectivity index (χ1v) is 5.78. The van der Waals surface area contributed by atoms with Gasteiger partial charge in [-0.25, -0.2) is 4.98 Å². The van der Waals surface area contributed by atoms with E-state index in [9.17, 15) is 10.1 Å². The molecule has 0 fully saturated rings. The number of aromatic nitrogens is 1. The van der Waals surface area contributed by atoms with Gasteiger partial charge in [0.25, 0.3) is 5.69 Å². The highest BCUT2D eigenvalue weighted by Crippen LogP contribution is 2.31. The van der Waals surface area contributed by atoms with Gasteiger partial charge in [-0.15, -0.1) is 0 Å². The lowest BCUT2D eigenvalue weighted by Gasteiger charge is -2.12. The molecule has 1 aromatic carbocycles. The van der Waals surface area contributed by atoms with E-state index in [2.05, 4.69) is 4.98 Å². The van der Waals surface area contributed by atoms with Gasteiger partial charge in [0, 0.05) is 17.7 Å². The summed E-state index contributed by atoms with van der Waals surface area (Å²) in [7, 11) is 0. The highest BCUT2D eigenvalue weighted by molar-refractivity contribution is 5.61. The number of fused-ring (bicyclic) bond motifs is 1. The molecule has 1 unspecified atom stereocenters. The number of ether oxygens (including phenoxy) is 1. The fraction of sp³-hybridized carbons (Fsp3) is 0.0714. The maximum absolute atomic E-state index is 10.5. The van der Waals surface area contributed by atoms with Crippen LogP contribution in [0.15, 0.2) is 48.7 Å². The molecule has 0 saturated carbocycles. The van der Waals surface area contributed by atoms with Gasteiger partial charge in [-0.1, -0.05) is 30.3 Å². The molecule has 0 radical (unpaired) electrons. The zero-order valence-electron chi connectivity index (χ0n) is 9.89. The van der Waals surface area contributed by atoms with Crippen molar-refractivity contribution in [2.24, 2.45) is 0 Å². The first-order chi connectivity index (χ1) is 9.24. The SMILES string of the molecule is O=[N+]([O-])c1ccc(OC2C=Cc3ccccc32)nc1. The van der Waals surface area contributed by atoms with Gasteiger partial charge in [0.15, 0.2) is 0 Å². The van der Waals surface area contributed by atoms with Crippen LogP contribution in [0.25, 0.3) is 6.08 Å². The number of hydrogen-bond acceptors (Lipinski definition) is 4. The quantitative estimate of drug-likeness (QED) is 0.623. The molecule has 5 heteroatoms. The fourth-order valence-electron chi connectivity index (χ4n) is 2.00. The van der Waals surface area contributed by atoms with Crippen LogP contribution in [0.4, 0.5) is 5.69 Å². The Morgan fingerprint density at radius 2 is 2.05 bits per heavy atom. The number of nitrogens with zero attached hydrogens (tertiary/aromatic N) is 2. The van der Waals surface area contributed by atoms with Crippen molar-refractivity contribution >= 4 is 11.8 Å². The number of benzene rings is 1. The second kappa shape index (κ2) is 4.53. The van der Waals surface area contributed by atoms with Crippen molar-refractivity contribution < 1.29 is 9.66 Å². The van der Waals surface area contributed by atoms with Crippen LogP contribution >= 0.6 is 0 Å². The minimum atomic E-state index is -0.485. The van der Waals surface area contributed by atoms with E-state index < -0.39 is 4.92 Å². The predicted octanol–water partition coefficient (Wildman–Crippen LogP) is 3.14. The first-order valence-electron chi connectivity index (χ1n) is 5.78. The largest absolute Gasteiger partial charge is 0.465 e. The smallest absolute Gasteiger partial charge is 0.287 e. The lowest BCUT2D eigenvalue weighted by molar-refractivity contribution is -0.385. The summed E-state index contributed by atoms with van der Waals surface area (Å²) in [5, 5.41) is 10.5. The van der Waals surface area contributed by atoms with E-state index in [0.717, 1.165) is 11.1 Å². The molecule has 3 rings (SSSR count). The third-order valence-electron chi connectivity index (χ3n) is 2.93. The molecule has 1 aliphatic rings. The molecule has 0 saturated heterocycles. The Hall–Kier alpha value is -2.69. The van der Waals surface area contributed by atoms with Gasteiger partial charge in [-0.2, -0.15) is 0 Å². The van der Waals surface area contributed by atoms with E-state index in [0.29, 0.717) is 5.88 Å². The van der Waals surface area contributed by atoms with Crippen molar-refractivity contribution in [1.82, 2.24) is 4.98 Å². The third-order valence-corrected chi connectivity index (χ3v) is 2.93. The Bertz CT molecular complexity index is 650. The average Bonchev–Trinajstić information content (AvgIpc) is 2.83. The van der Waals surface area contributed by atoms with E-state index in [-0.39, 0.29) is 11.8 Å². The van der Waals surface area contributed by atoms with Crippen LogP contribution in [0.2, 0.25) is 0 Å². The van der Waals surface area contributed by atoms with E-state index >= 15 is 0 Å². The van der Waals surface area contributed by atoms with E-state index in [1.54, 1.807) is 0 Å². The van der Waals surface area contributed by atoms with Crippen LogP contribution < -0.4 is 4.74 Å². The van der Waals surface area contributed by atoms with Crippen molar-refractivity contribution in [3.05, 3.63) is 69.9 Å². The summed E-state index contributed by atoms with van der Waals surface area (Å²) >= 11 is 0. The van der Waals surface area contributed by atoms with Gasteiger partial charge < -0.3 is 4.74 Å². The van der Waals surface area contributed by atoms with Crippen molar-refractivity contribution in [3.63, 3.8) is 0 Å². The Kier molecular flexibility index (Phi) is 2.72. The zero-order chi connectivity index (χ0) is 13.2. The third kappa shape index (κ3) is 2.18. The summed E-state index contributed by atoms with van der Waals surface area (Å²) in [6.45, 7) is 0. The van der Waals surface area contributed by atoms with E-state index in [1.165, 1.54) is 18.3 Å². The molecule has 1 aliphatic carbocycles. The molecule has 1 heterocycles. The molecule has 1 atom stereocenters. The molecule has 0 aliphatic heterocycles. The van der Waals surface area contributed by atoms with Crippen molar-refractivity contribution in [3.8, 4) is 5.88 Å². The standard InChI is InChI=1S/C14H10N2O3/c17-16(18)11-6-8-14(15-9-11)19-13-7-5-10-3-1-2-4-12(10)13/h1-9,13H. The molecular weight excluding hydrogens is 244 g/mol. The minimum Gasteiger partial charge on any atom is -0.465 e. The summed E-state index contributed by atoms with van der Waals surface area (Å²) in [6, 6.07) is 10.8. The van der Waals surface area contributed by atoms with Gasteiger partial charge >= 0.3 is 0 Å². The Balaban J connectivity index is 1.80. The molecule has 0 bridgehead atoms. The van der Waals surface area contributed by atoms with Crippen molar-refractivity contribution in [1.29, 1.82) is 0 Å². The lowest BCUT2D eigenvalue weighted by Crippen LogP contribution is -2.04. The normalized spacial score (nSPS) is 16.1. The second-order valence-corrected chi connectivity index (χ2v) is 4.14. The summed E-state index contributed by atoms with van der Waals surface area (Å²) in [6.07, 6.45) is 4.93. The van der Waals surface area contributed by atoms with Gasteiger partial charge in [-0.3, -0.25) is 10.1 Å². The molecule has 19 heavy (non-hydrogen) atoms. The summed E-state index contributed by atoms with van der Waals surface area (Å²) in [5.41, 5.74) is 2.15. The minimum absolute atomic E-state index is 0.0466. The zero-order valence-corrected chi connectivity index (χ0v) is 9.89. The molecule has 94 valence electrons. The first kappa shape index (κ1) is 11.4. The topological polar surface area (TPSA) is 65.3 Å². The highest BCUT2D eigenvalue weighted by Gasteiger charge is 2.18. The molecule has 0 amide bonds. The molecule has 0 N–H and O–H groups in total. The molecule has 0 spiro atoms. The van der Waals surface area contributed by atoms with Crippen LogP contribution in [0.1, 0.15) is 17.2 Å². The molecular formula is C14H10N2O3. The van der Waals surface area contributed by atoms with Crippen LogP contribution in [0.5, 0.6) is 5.88 Å². The number of pyridine rings is 1. The Morgan fingerprint density at radius 3 is 2.79 bits per heavy atom. The predicted molar refractivity (Wildman–Crippen MR) is 69.7 cm³/mol. The summed E-state index contributed by atoms with van der Waals surface area (Å²) in [4.78, 5) is 14.0. The maximum Gasteiger partial charge on any atom is 0.287 e. The van der Waals surface area contributed by atoms with Crippen LogP contribution in [0, 0.1) is 10.1 Å². The van der Waals surface area contributed by atoms with Crippen LogP contribution in [-0.4, -0.2) is 9.91 Å². The van der Waals surface area contributed by atoms with Gasteiger partial charge in [0.1, 0.15) is 12.3 Å². The highest BCUT2D eigenvalue weighted by atomic mass is 16.6. The van der Waals surface area contributed by atoms with Gasteiger partial charge in [0.05, 0.1) is 4.92 Å². The molecule has 1 aromatic heterocycles. The lowest BCUT2D eigenvalue weighted by atomic mass is 10.1. The Labute approximate surface area is 109 Å². The molecule has 5 nitrogen and oxygen atoms in total. The van der Waals surface area contributed by atoms with E-state index in [1.807, 2.05) is 36.4 Å². The summed E-state index contributed by atoms with van der Waals surface area (Å²) < 4.78 is 5.72. The Morgan fingerprint density at radius 1 is 1.21 bits per heavy atom. The van der Waals surface area contributed by atoms with Crippen molar-refractivity contribution in [2.45, 2.75) is 6.10 Å². The number of rotatable bonds is 3. The summed E-state index contributed by atoms with van der Waals surface area (Å²) in [5.74, 6) is 0.372. The maximum atomic E-state index is 10.5. The van der Waals surface area contributed by atoms with Crippen LogP contribution in [0.3, 0.4) is 0 Å². The fourth-order valence-corrected chi connectivity index (χ4v) is 2.00. The van der Waals surface area contributed by atoms with E-state index in [4.69, 9.17) is 4.74 Å². The average molecular weight is 254 g/mol. The molecule has 2 aromatic rings.